The topological polar surface area (TPSA) is 78.9 Å². The zero-order valence-corrected chi connectivity index (χ0v) is 18.1. The number of unbranched alkanes of at least 4 members (excludes halogenated alkanes) is 2. The third-order valence-corrected chi connectivity index (χ3v) is 6.69. The summed E-state index contributed by atoms with van der Waals surface area (Å²) in [5.41, 5.74) is 0.666. The van der Waals surface area contributed by atoms with Crippen molar-refractivity contribution in [1.82, 2.24) is 0 Å². The molecule has 0 N–H and O–H groups in total. The van der Waals surface area contributed by atoms with Gasteiger partial charge in [-0.3, -0.25) is 14.4 Å². The molecule has 9 heteroatoms. The molecule has 0 saturated heterocycles. The number of hydrogen-bond acceptors (Lipinski definition) is 6. The summed E-state index contributed by atoms with van der Waals surface area (Å²) < 4.78 is 42.3. The first kappa shape index (κ1) is 24.7. The van der Waals surface area contributed by atoms with E-state index in [4.69, 9.17) is 13.3 Å². The number of hydrogen-bond donors (Lipinski definition) is 0. The maximum absolute atomic E-state index is 13.3. The normalized spacial score (nSPS) is 11.1. The molecule has 0 aliphatic heterocycles. The number of halogens is 2. The lowest BCUT2D eigenvalue weighted by Crippen LogP contribution is -2.50. The van der Waals surface area contributed by atoms with Crippen molar-refractivity contribution in [1.29, 1.82) is 0 Å². The molecule has 0 amide bonds. The summed E-state index contributed by atoms with van der Waals surface area (Å²) in [6.45, 7) is 4.77. The maximum atomic E-state index is 13.3. The average molecular weight is 431 g/mol. The molecule has 0 fully saturated rings. The predicted octanol–water partition coefficient (Wildman–Crippen LogP) is 4.48. The summed E-state index contributed by atoms with van der Waals surface area (Å²) in [7, 11) is -3.85. The van der Waals surface area contributed by atoms with Crippen LogP contribution in [0.25, 0.3) is 0 Å². The first-order valence-electron chi connectivity index (χ1n) is 9.84. The van der Waals surface area contributed by atoms with E-state index in [0.717, 1.165) is 12.1 Å². The van der Waals surface area contributed by atoms with Crippen molar-refractivity contribution < 1.29 is 36.4 Å². The van der Waals surface area contributed by atoms with Gasteiger partial charge in [0.2, 0.25) is 0 Å². The van der Waals surface area contributed by atoms with Crippen molar-refractivity contribution >= 4 is 26.7 Å². The van der Waals surface area contributed by atoms with E-state index < -0.39 is 38.3 Å². The van der Waals surface area contributed by atoms with Crippen LogP contribution in [0, 0.1) is 11.6 Å². The van der Waals surface area contributed by atoms with E-state index >= 15 is 0 Å². The lowest BCUT2D eigenvalue weighted by molar-refractivity contribution is -0.150. The van der Waals surface area contributed by atoms with Crippen LogP contribution in [0.2, 0.25) is 6.04 Å². The fourth-order valence-corrected chi connectivity index (χ4v) is 5.08. The third-order valence-electron chi connectivity index (χ3n) is 4.11. The highest BCUT2D eigenvalue weighted by Gasteiger charge is 2.52. The molecule has 0 atom stereocenters. The molecule has 0 unspecified atom stereocenters. The molecule has 0 aliphatic carbocycles. The van der Waals surface area contributed by atoms with E-state index in [0.29, 0.717) is 31.2 Å². The van der Waals surface area contributed by atoms with E-state index in [1.807, 2.05) is 0 Å². The Labute approximate surface area is 170 Å². The van der Waals surface area contributed by atoms with Gasteiger partial charge in [0.1, 0.15) is 0 Å². The molecule has 1 aromatic carbocycles. The molecular formula is C20H28F2O6Si. The summed E-state index contributed by atoms with van der Waals surface area (Å²) in [4.78, 5) is 35.6. The zero-order chi connectivity index (χ0) is 21.9. The maximum Gasteiger partial charge on any atom is 0.705 e. The lowest BCUT2D eigenvalue weighted by atomic mass is 10.1. The first-order chi connectivity index (χ1) is 13.7. The van der Waals surface area contributed by atoms with Gasteiger partial charge in [-0.1, -0.05) is 33.3 Å². The van der Waals surface area contributed by atoms with Crippen LogP contribution < -0.4 is 0 Å². The zero-order valence-electron chi connectivity index (χ0n) is 17.1. The second kappa shape index (κ2) is 12.3. The molecule has 1 aromatic rings. The molecule has 0 radical (unpaired) electrons. The second-order valence-corrected chi connectivity index (χ2v) is 8.95. The van der Waals surface area contributed by atoms with Crippen LogP contribution >= 0.6 is 0 Å². The Morgan fingerprint density at radius 3 is 1.76 bits per heavy atom. The smallest absolute Gasteiger partial charge is 0.455 e. The molecule has 0 aromatic heterocycles. The van der Waals surface area contributed by atoms with Gasteiger partial charge in [-0.25, -0.2) is 8.78 Å². The number of carbonyl (C=O) groups is 3. The molecule has 0 saturated carbocycles. The van der Waals surface area contributed by atoms with Gasteiger partial charge in [-0.05, 0) is 37.0 Å². The number of rotatable bonds is 12. The quantitative estimate of drug-likeness (QED) is 0.359. The van der Waals surface area contributed by atoms with E-state index in [1.54, 1.807) is 20.8 Å². The Kier molecular flexibility index (Phi) is 10.5. The number of carbonyl (C=O) groups excluding carboxylic acids is 3. The third kappa shape index (κ3) is 8.72. The van der Waals surface area contributed by atoms with Crippen LogP contribution in [-0.2, 0) is 34.1 Å². The highest BCUT2D eigenvalue weighted by molar-refractivity contribution is 6.65. The standard InChI is InChI=1S/C20H28F2O6Si/c1-4-18(23)26-29(27-19(24)5-2,28-20(25)6-3)13-9-7-8-10-15-11-12-16(21)17(22)14-15/h11-12,14H,4-10,13H2,1-3H3. The van der Waals surface area contributed by atoms with Crippen LogP contribution in [0.1, 0.15) is 64.9 Å². The Hall–Kier alpha value is -2.29. The van der Waals surface area contributed by atoms with Crippen LogP contribution in [0.3, 0.4) is 0 Å². The minimum absolute atomic E-state index is 0.0538. The monoisotopic (exact) mass is 430 g/mol. The van der Waals surface area contributed by atoms with Gasteiger partial charge in [0, 0.05) is 19.3 Å². The minimum atomic E-state index is -3.85. The molecule has 29 heavy (non-hydrogen) atoms. The van der Waals surface area contributed by atoms with E-state index in [-0.39, 0.29) is 25.3 Å². The minimum Gasteiger partial charge on any atom is -0.455 e. The fourth-order valence-electron chi connectivity index (χ4n) is 2.49. The molecule has 162 valence electrons. The number of benzene rings is 1. The van der Waals surface area contributed by atoms with Crippen LogP contribution in [-0.4, -0.2) is 26.7 Å². The van der Waals surface area contributed by atoms with E-state index in [1.165, 1.54) is 6.07 Å². The van der Waals surface area contributed by atoms with Crippen LogP contribution in [0.4, 0.5) is 8.78 Å². The first-order valence-corrected chi connectivity index (χ1v) is 11.8. The van der Waals surface area contributed by atoms with Gasteiger partial charge < -0.3 is 13.3 Å². The van der Waals surface area contributed by atoms with E-state index in [9.17, 15) is 23.2 Å². The van der Waals surface area contributed by atoms with Gasteiger partial charge in [0.05, 0.1) is 6.04 Å². The van der Waals surface area contributed by atoms with Crippen LogP contribution in [0.15, 0.2) is 18.2 Å². The van der Waals surface area contributed by atoms with Crippen molar-refractivity contribution in [3.05, 3.63) is 35.4 Å². The molecular weight excluding hydrogens is 402 g/mol. The molecule has 1 rings (SSSR count). The van der Waals surface area contributed by atoms with Gasteiger partial charge in [-0.15, -0.1) is 0 Å². The molecule has 0 spiro atoms. The molecule has 0 heterocycles. The fraction of sp³-hybridized carbons (Fsp3) is 0.550. The summed E-state index contributed by atoms with van der Waals surface area (Å²) in [6, 6.07) is 3.88. The lowest BCUT2D eigenvalue weighted by Gasteiger charge is -2.27. The average Bonchev–Trinajstić information content (AvgIpc) is 2.69. The van der Waals surface area contributed by atoms with Crippen LogP contribution in [0.5, 0.6) is 0 Å². The summed E-state index contributed by atoms with van der Waals surface area (Å²) in [6.07, 6.45) is 2.45. The van der Waals surface area contributed by atoms with Crippen molar-refractivity contribution in [3.63, 3.8) is 0 Å². The van der Waals surface area contributed by atoms with E-state index in [2.05, 4.69) is 0 Å². The molecule has 0 bridgehead atoms. The van der Waals surface area contributed by atoms with Gasteiger partial charge >= 0.3 is 8.80 Å². The SMILES string of the molecule is CCC(=O)O[Si](CCCCCc1ccc(F)c(F)c1)(OC(=O)CC)OC(=O)CC. The molecule has 0 aliphatic rings. The summed E-state index contributed by atoms with van der Waals surface area (Å²) in [5, 5.41) is 0. The van der Waals surface area contributed by atoms with Crippen molar-refractivity contribution in [3.8, 4) is 0 Å². The Morgan fingerprint density at radius 1 is 0.793 bits per heavy atom. The molecule has 6 nitrogen and oxygen atoms in total. The second-order valence-electron chi connectivity index (χ2n) is 6.48. The van der Waals surface area contributed by atoms with Gasteiger partial charge in [0.25, 0.3) is 17.9 Å². The van der Waals surface area contributed by atoms with Crippen molar-refractivity contribution in [2.75, 3.05) is 0 Å². The Balaban J connectivity index is 2.74. The largest absolute Gasteiger partial charge is 0.705 e. The number of aryl methyl sites for hydroxylation is 1. The summed E-state index contributed by atoms with van der Waals surface area (Å²) in [5.74, 6) is -3.60. The summed E-state index contributed by atoms with van der Waals surface area (Å²) >= 11 is 0. The van der Waals surface area contributed by atoms with Crippen molar-refractivity contribution in [2.45, 2.75) is 71.8 Å². The Morgan fingerprint density at radius 2 is 1.31 bits per heavy atom. The van der Waals surface area contributed by atoms with Crippen molar-refractivity contribution in [2.24, 2.45) is 0 Å². The Bertz CT molecular complexity index is 665. The highest BCUT2D eigenvalue weighted by Crippen LogP contribution is 2.23. The van der Waals surface area contributed by atoms with Gasteiger partial charge in [0.15, 0.2) is 11.6 Å². The highest BCUT2D eigenvalue weighted by atomic mass is 28.4. The predicted molar refractivity (Wildman–Crippen MR) is 104 cm³/mol. The van der Waals surface area contributed by atoms with Gasteiger partial charge in [-0.2, -0.15) is 0 Å².